The summed E-state index contributed by atoms with van der Waals surface area (Å²) in [5.41, 5.74) is 0.449. The fourth-order valence-electron chi connectivity index (χ4n) is 1.45. The van der Waals surface area contributed by atoms with Gasteiger partial charge in [0.1, 0.15) is 11.6 Å². The third-order valence-electron chi connectivity index (χ3n) is 2.37. The average Bonchev–Trinajstić information content (AvgIpc) is 2.41. The summed E-state index contributed by atoms with van der Waals surface area (Å²) in [6.07, 6.45) is -1.35. The highest BCUT2D eigenvalue weighted by molar-refractivity contribution is 5.78. The molecule has 2 rings (SSSR count). The standard InChI is InChI=1S/C14H11FO3/c15-11-6-8-12(9-7-11)18-14(17)13(16)10-4-2-1-3-5-10/h1-9,13,16H. The molecule has 0 amide bonds. The number of halogens is 1. The van der Waals surface area contributed by atoms with Crippen LogP contribution in [0.3, 0.4) is 0 Å². The second-order valence-electron chi connectivity index (χ2n) is 3.69. The number of hydrogen-bond acceptors (Lipinski definition) is 3. The van der Waals surface area contributed by atoms with Gasteiger partial charge in [-0.1, -0.05) is 30.3 Å². The summed E-state index contributed by atoms with van der Waals surface area (Å²) in [5.74, 6) is -1.03. The van der Waals surface area contributed by atoms with E-state index >= 15 is 0 Å². The van der Waals surface area contributed by atoms with E-state index in [1.165, 1.54) is 24.3 Å². The molecule has 0 saturated heterocycles. The number of esters is 1. The van der Waals surface area contributed by atoms with Crippen LogP contribution in [0.15, 0.2) is 54.6 Å². The second-order valence-corrected chi connectivity index (χ2v) is 3.69. The fourth-order valence-corrected chi connectivity index (χ4v) is 1.45. The van der Waals surface area contributed by atoms with E-state index in [1.54, 1.807) is 30.3 Å². The van der Waals surface area contributed by atoms with Gasteiger partial charge in [-0.15, -0.1) is 0 Å². The van der Waals surface area contributed by atoms with Crippen LogP contribution in [0.5, 0.6) is 5.75 Å². The Morgan fingerprint density at radius 1 is 1.06 bits per heavy atom. The Bertz CT molecular complexity index is 522. The van der Waals surface area contributed by atoms with Crippen LogP contribution in [0.2, 0.25) is 0 Å². The number of ether oxygens (including phenoxy) is 1. The smallest absolute Gasteiger partial charge is 0.345 e. The fraction of sp³-hybridized carbons (Fsp3) is 0.0714. The molecule has 0 aliphatic rings. The molecule has 0 bridgehead atoms. The largest absolute Gasteiger partial charge is 0.424 e. The van der Waals surface area contributed by atoms with Crippen molar-refractivity contribution in [3.63, 3.8) is 0 Å². The van der Waals surface area contributed by atoms with Crippen LogP contribution in [-0.4, -0.2) is 11.1 Å². The van der Waals surface area contributed by atoms with Crippen LogP contribution < -0.4 is 4.74 Å². The lowest BCUT2D eigenvalue weighted by Crippen LogP contribution is -2.18. The van der Waals surface area contributed by atoms with E-state index in [1.807, 2.05) is 0 Å². The van der Waals surface area contributed by atoms with Gasteiger partial charge in [0.25, 0.3) is 0 Å². The van der Waals surface area contributed by atoms with Gasteiger partial charge in [0.05, 0.1) is 0 Å². The highest BCUT2D eigenvalue weighted by Crippen LogP contribution is 2.17. The predicted octanol–water partition coefficient (Wildman–Crippen LogP) is 2.46. The summed E-state index contributed by atoms with van der Waals surface area (Å²) in [5, 5.41) is 9.76. The molecular formula is C14H11FO3. The lowest BCUT2D eigenvalue weighted by atomic mass is 10.1. The van der Waals surface area contributed by atoms with Crippen molar-refractivity contribution in [3.05, 3.63) is 66.0 Å². The van der Waals surface area contributed by atoms with Crippen molar-refractivity contribution in [1.82, 2.24) is 0 Å². The van der Waals surface area contributed by atoms with Crippen molar-refractivity contribution in [2.45, 2.75) is 6.10 Å². The van der Waals surface area contributed by atoms with Gasteiger partial charge in [0.15, 0.2) is 6.10 Å². The molecule has 1 unspecified atom stereocenters. The van der Waals surface area contributed by atoms with Crippen LogP contribution in [-0.2, 0) is 4.79 Å². The monoisotopic (exact) mass is 246 g/mol. The number of rotatable bonds is 3. The van der Waals surface area contributed by atoms with E-state index in [4.69, 9.17) is 4.74 Å². The molecule has 0 aromatic heterocycles. The zero-order valence-electron chi connectivity index (χ0n) is 9.42. The molecule has 1 N–H and O–H groups in total. The van der Waals surface area contributed by atoms with Crippen molar-refractivity contribution in [1.29, 1.82) is 0 Å². The Balaban J connectivity index is 2.06. The van der Waals surface area contributed by atoms with Crippen molar-refractivity contribution in [2.24, 2.45) is 0 Å². The molecule has 0 spiro atoms. The number of benzene rings is 2. The molecule has 18 heavy (non-hydrogen) atoms. The minimum absolute atomic E-state index is 0.191. The molecule has 2 aromatic carbocycles. The minimum atomic E-state index is -1.35. The molecule has 0 aliphatic carbocycles. The summed E-state index contributed by atoms with van der Waals surface area (Å²) in [6, 6.07) is 13.5. The lowest BCUT2D eigenvalue weighted by molar-refractivity contribution is -0.144. The number of aliphatic hydroxyl groups is 1. The van der Waals surface area contributed by atoms with Crippen LogP contribution in [0.1, 0.15) is 11.7 Å². The Hall–Kier alpha value is -2.20. The molecule has 0 heterocycles. The number of carbonyl (C=O) groups is 1. The maximum absolute atomic E-state index is 12.7. The second kappa shape index (κ2) is 5.42. The van der Waals surface area contributed by atoms with E-state index in [2.05, 4.69) is 0 Å². The Morgan fingerprint density at radius 2 is 1.67 bits per heavy atom. The van der Waals surface area contributed by atoms with Crippen molar-refractivity contribution >= 4 is 5.97 Å². The predicted molar refractivity (Wildman–Crippen MR) is 63.4 cm³/mol. The van der Waals surface area contributed by atoms with Crippen LogP contribution in [0, 0.1) is 5.82 Å². The third kappa shape index (κ3) is 2.93. The van der Waals surface area contributed by atoms with Crippen molar-refractivity contribution < 1.29 is 19.0 Å². The molecule has 0 radical (unpaired) electrons. The first-order valence-corrected chi connectivity index (χ1v) is 5.37. The molecule has 0 fully saturated rings. The minimum Gasteiger partial charge on any atom is -0.424 e. The number of carbonyl (C=O) groups excluding carboxylic acids is 1. The lowest BCUT2D eigenvalue weighted by Gasteiger charge is -2.10. The summed E-state index contributed by atoms with van der Waals surface area (Å²) in [6.45, 7) is 0. The maximum Gasteiger partial charge on any atom is 0.345 e. The molecule has 92 valence electrons. The molecule has 0 aliphatic heterocycles. The first kappa shape index (κ1) is 12.3. The zero-order chi connectivity index (χ0) is 13.0. The molecule has 3 nitrogen and oxygen atoms in total. The number of hydrogen-bond donors (Lipinski definition) is 1. The average molecular weight is 246 g/mol. The quantitative estimate of drug-likeness (QED) is 0.668. The molecule has 2 aromatic rings. The van der Waals surface area contributed by atoms with E-state index in [0.29, 0.717) is 5.56 Å². The van der Waals surface area contributed by atoms with Crippen LogP contribution in [0.4, 0.5) is 4.39 Å². The van der Waals surface area contributed by atoms with Gasteiger partial charge in [-0.3, -0.25) is 0 Å². The van der Waals surface area contributed by atoms with Gasteiger partial charge in [0, 0.05) is 0 Å². The van der Waals surface area contributed by atoms with E-state index in [9.17, 15) is 14.3 Å². The Kier molecular flexibility index (Phi) is 3.69. The third-order valence-corrected chi connectivity index (χ3v) is 2.37. The summed E-state index contributed by atoms with van der Waals surface area (Å²) >= 11 is 0. The SMILES string of the molecule is O=C(Oc1ccc(F)cc1)C(O)c1ccccc1. The summed E-state index contributed by atoms with van der Waals surface area (Å²) < 4.78 is 17.6. The number of aliphatic hydroxyl groups excluding tert-OH is 1. The van der Waals surface area contributed by atoms with Gasteiger partial charge in [0.2, 0.25) is 0 Å². The first-order chi connectivity index (χ1) is 8.66. The van der Waals surface area contributed by atoms with E-state index in [-0.39, 0.29) is 5.75 Å². The zero-order valence-corrected chi connectivity index (χ0v) is 9.42. The van der Waals surface area contributed by atoms with E-state index < -0.39 is 17.9 Å². The highest BCUT2D eigenvalue weighted by Gasteiger charge is 2.19. The summed E-state index contributed by atoms with van der Waals surface area (Å²) in [7, 11) is 0. The van der Waals surface area contributed by atoms with Gasteiger partial charge in [-0.25, -0.2) is 9.18 Å². The van der Waals surface area contributed by atoms with Crippen LogP contribution in [0.25, 0.3) is 0 Å². The Morgan fingerprint density at radius 3 is 2.28 bits per heavy atom. The molecule has 4 heteroatoms. The van der Waals surface area contributed by atoms with Crippen molar-refractivity contribution in [3.8, 4) is 5.75 Å². The summed E-state index contributed by atoms with van der Waals surface area (Å²) in [4.78, 5) is 11.6. The molecule has 1 atom stereocenters. The van der Waals surface area contributed by atoms with Gasteiger partial charge in [-0.05, 0) is 29.8 Å². The van der Waals surface area contributed by atoms with Gasteiger partial charge >= 0.3 is 5.97 Å². The first-order valence-electron chi connectivity index (χ1n) is 5.37. The van der Waals surface area contributed by atoms with Gasteiger partial charge < -0.3 is 9.84 Å². The normalized spacial score (nSPS) is 11.9. The Labute approximate surface area is 103 Å². The maximum atomic E-state index is 12.7. The van der Waals surface area contributed by atoms with Gasteiger partial charge in [-0.2, -0.15) is 0 Å². The van der Waals surface area contributed by atoms with Crippen LogP contribution >= 0.6 is 0 Å². The van der Waals surface area contributed by atoms with Crippen molar-refractivity contribution in [2.75, 3.05) is 0 Å². The molecular weight excluding hydrogens is 235 g/mol. The topological polar surface area (TPSA) is 46.5 Å². The molecule has 0 saturated carbocycles. The highest BCUT2D eigenvalue weighted by atomic mass is 19.1. The van der Waals surface area contributed by atoms with E-state index in [0.717, 1.165) is 0 Å².